The smallest absolute Gasteiger partial charge is 0.240 e. The van der Waals surface area contributed by atoms with Crippen LogP contribution in [0.4, 0.5) is 11.4 Å². The Morgan fingerprint density at radius 1 is 0.893 bits per heavy atom. The molecule has 1 saturated carbocycles. The molecule has 2 amide bonds. The van der Waals surface area contributed by atoms with E-state index in [1.54, 1.807) is 0 Å². The van der Waals surface area contributed by atoms with Gasteiger partial charge in [-0.3, -0.25) is 9.59 Å². The third kappa shape index (κ3) is 3.61. The van der Waals surface area contributed by atoms with Gasteiger partial charge in [-0.2, -0.15) is 0 Å². The monoisotopic (exact) mass is 377 g/mol. The Balaban J connectivity index is 1.38. The van der Waals surface area contributed by atoms with Crippen LogP contribution in [0.5, 0.6) is 0 Å². The number of nitrogens with one attached hydrogen (secondary N) is 1. The van der Waals surface area contributed by atoms with Gasteiger partial charge in [0, 0.05) is 37.6 Å². The lowest BCUT2D eigenvalue weighted by molar-refractivity contribution is -0.142. The van der Waals surface area contributed by atoms with E-state index in [9.17, 15) is 9.59 Å². The standard InChI is InChI=1S/C23H27N3O2/c1-17-6-8-19(9-7-17)24-21(27)23(10-11-23)22(28)26-14-12-25(13-15-26)20-5-3-4-18(2)16-20/h3-9,16H,10-15H2,1-2H3,(H,24,27). The summed E-state index contributed by atoms with van der Waals surface area (Å²) in [6.45, 7) is 7.01. The van der Waals surface area contributed by atoms with Crippen LogP contribution in [0.15, 0.2) is 48.5 Å². The topological polar surface area (TPSA) is 52.7 Å². The Hall–Kier alpha value is -2.82. The molecular formula is C23H27N3O2. The second-order valence-electron chi connectivity index (χ2n) is 8.02. The van der Waals surface area contributed by atoms with Crippen LogP contribution >= 0.6 is 0 Å². The molecule has 0 spiro atoms. The summed E-state index contributed by atoms with van der Waals surface area (Å²) in [6, 6.07) is 16.1. The van der Waals surface area contributed by atoms with Crippen molar-refractivity contribution in [2.24, 2.45) is 5.41 Å². The van der Waals surface area contributed by atoms with Gasteiger partial charge in [0.1, 0.15) is 5.41 Å². The Morgan fingerprint density at radius 2 is 1.57 bits per heavy atom. The lowest BCUT2D eigenvalue weighted by Crippen LogP contribution is -2.52. The van der Waals surface area contributed by atoms with Crippen LogP contribution in [-0.2, 0) is 9.59 Å². The number of benzene rings is 2. The molecule has 0 aromatic heterocycles. The molecule has 2 aromatic carbocycles. The van der Waals surface area contributed by atoms with E-state index in [2.05, 4.69) is 41.4 Å². The van der Waals surface area contributed by atoms with E-state index in [0.29, 0.717) is 25.9 Å². The molecule has 5 heteroatoms. The maximum Gasteiger partial charge on any atom is 0.240 e. The number of anilines is 2. The lowest BCUT2D eigenvalue weighted by atomic mass is 10.0. The fraction of sp³-hybridized carbons (Fsp3) is 0.391. The summed E-state index contributed by atoms with van der Waals surface area (Å²) >= 11 is 0. The average Bonchev–Trinajstić information content (AvgIpc) is 3.51. The summed E-state index contributed by atoms with van der Waals surface area (Å²) in [5.41, 5.74) is 3.46. The summed E-state index contributed by atoms with van der Waals surface area (Å²) in [4.78, 5) is 30.1. The Bertz CT molecular complexity index is 879. The molecule has 0 atom stereocenters. The molecular weight excluding hydrogens is 350 g/mol. The molecule has 4 rings (SSSR count). The molecule has 2 fully saturated rings. The molecule has 1 saturated heterocycles. The number of amides is 2. The minimum atomic E-state index is -0.865. The van der Waals surface area contributed by atoms with Gasteiger partial charge in [-0.15, -0.1) is 0 Å². The van der Waals surface area contributed by atoms with E-state index in [1.165, 1.54) is 11.3 Å². The van der Waals surface area contributed by atoms with Gasteiger partial charge in [0.05, 0.1) is 0 Å². The number of carbonyl (C=O) groups excluding carboxylic acids is 2. The summed E-state index contributed by atoms with van der Waals surface area (Å²) < 4.78 is 0. The zero-order valence-electron chi connectivity index (χ0n) is 16.6. The Kier molecular flexibility index (Phi) is 4.84. The van der Waals surface area contributed by atoms with Crippen LogP contribution in [0, 0.1) is 19.3 Å². The zero-order chi connectivity index (χ0) is 19.7. The van der Waals surface area contributed by atoms with E-state index < -0.39 is 5.41 Å². The number of piperazine rings is 1. The molecule has 5 nitrogen and oxygen atoms in total. The highest BCUT2D eigenvalue weighted by molar-refractivity contribution is 6.13. The number of aryl methyl sites for hydroxylation is 2. The van der Waals surface area contributed by atoms with Gasteiger partial charge in [0.2, 0.25) is 11.8 Å². The maximum absolute atomic E-state index is 13.1. The summed E-state index contributed by atoms with van der Waals surface area (Å²) in [5.74, 6) is -0.177. The fourth-order valence-electron chi connectivity index (χ4n) is 3.85. The molecule has 2 aromatic rings. The van der Waals surface area contributed by atoms with Crippen LogP contribution < -0.4 is 10.2 Å². The van der Waals surface area contributed by atoms with Crippen molar-refractivity contribution in [3.05, 3.63) is 59.7 Å². The van der Waals surface area contributed by atoms with Crippen molar-refractivity contribution in [2.75, 3.05) is 36.4 Å². The zero-order valence-corrected chi connectivity index (χ0v) is 16.6. The average molecular weight is 377 g/mol. The van der Waals surface area contributed by atoms with E-state index in [1.807, 2.05) is 36.1 Å². The predicted octanol–water partition coefficient (Wildman–Crippen LogP) is 3.37. The highest BCUT2D eigenvalue weighted by Crippen LogP contribution is 2.48. The number of rotatable bonds is 4. The van der Waals surface area contributed by atoms with E-state index >= 15 is 0 Å². The summed E-state index contributed by atoms with van der Waals surface area (Å²) in [6.07, 6.45) is 1.28. The van der Waals surface area contributed by atoms with Crippen molar-refractivity contribution in [3.8, 4) is 0 Å². The van der Waals surface area contributed by atoms with Crippen LogP contribution in [0.25, 0.3) is 0 Å². The second-order valence-corrected chi connectivity index (χ2v) is 8.02. The van der Waals surface area contributed by atoms with Crippen molar-refractivity contribution in [1.29, 1.82) is 0 Å². The van der Waals surface area contributed by atoms with Crippen LogP contribution in [0.2, 0.25) is 0 Å². The minimum absolute atomic E-state index is 0.0130. The fourth-order valence-corrected chi connectivity index (χ4v) is 3.85. The normalized spacial score (nSPS) is 17.9. The van der Waals surface area contributed by atoms with Crippen LogP contribution in [-0.4, -0.2) is 42.9 Å². The van der Waals surface area contributed by atoms with Gasteiger partial charge in [-0.25, -0.2) is 0 Å². The van der Waals surface area contributed by atoms with Crippen LogP contribution in [0.1, 0.15) is 24.0 Å². The molecule has 0 bridgehead atoms. The second kappa shape index (κ2) is 7.30. The first-order chi connectivity index (χ1) is 13.5. The number of hydrogen-bond acceptors (Lipinski definition) is 3. The predicted molar refractivity (Wildman–Crippen MR) is 111 cm³/mol. The van der Waals surface area contributed by atoms with Crippen molar-refractivity contribution < 1.29 is 9.59 Å². The molecule has 1 aliphatic carbocycles. The minimum Gasteiger partial charge on any atom is -0.368 e. The van der Waals surface area contributed by atoms with E-state index in [0.717, 1.165) is 24.3 Å². The van der Waals surface area contributed by atoms with Crippen molar-refractivity contribution in [1.82, 2.24) is 4.90 Å². The van der Waals surface area contributed by atoms with Gasteiger partial charge in [0.25, 0.3) is 0 Å². The number of nitrogens with zero attached hydrogens (tertiary/aromatic N) is 2. The SMILES string of the molecule is Cc1ccc(NC(=O)C2(C(=O)N3CCN(c4cccc(C)c4)CC3)CC2)cc1. The molecule has 146 valence electrons. The van der Waals surface area contributed by atoms with Crippen molar-refractivity contribution in [3.63, 3.8) is 0 Å². The first-order valence-corrected chi connectivity index (χ1v) is 9.97. The molecule has 1 heterocycles. The van der Waals surface area contributed by atoms with E-state index in [-0.39, 0.29) is 11.8 Å². The third-order valence-corrected chi connectivity index (χ3v) is 5.84. The summed E-state index contributed by atoms with van der Waals surface area (Å²) in [7, 11) is 0. The highest BCUT2D eigenvalue weighted by atomic mass is 16.2. The number of carbonyl (C=O) groups is 2. The molecule has 1 aliphatic heterocycles. The lowest BCUT2D eigenvalue weighted by Gasteiger charge is -2.37. The van der Waals surface area contributed by atoms with Gasteiger partial charge in [-0.05, 0) is 56.5 Å². The van der Waals surface area contributed by atoms with Gasteiger partial charge in [-0.1, -0.05) is 29.8 Å². The molecule has 2 aliphatic rings. The largest absolute Gasteiger partial charge is 0.368 e. The van der Waals surface area contributed by atoms with Crippen molar-refractivity contribution >= 4 is 23.2 Å². The quantitative estimate of drug-likeness (QED) is 0.831. The first kappa shape index (κ1) is 18.5. The Morgan fingerprint density at radius 3 is 2.18 bits per heavy atom. The maximum atomic E-state index is 13.1. The van der Waals surface area contributed by atoms with E-state index in [4.69, 9.17) is 0 Å². The van der Waals surface area contributed by atoms with Crippen molar-refractivity contribution in [2.45, 2.75) is 26.7 Å². The molecule has 28 heavy (non-hydrogen) atoms. The third-order valence-electron chi connectivity index (χ3n) is 5.84. The van der Waals surface area contributed by atoms with Crippen LogP contribution in [0.3, 0.4) is 0 Å². The highest BCUT2D eigenvalue weighted by Gasteiger charge is 2.58. The molecule has 1 N–H and O–H groups in total. The number of hydrogen-bond donors (Lipinski definition) is 1. The van der Waals surface area contributed by atoms with Gasteiger partial charge < -0.3 is 15.1 Å². The molecule has 0 radical (unpaired) electrons. The van der Waals surface area contributed by atoms with Gasteiger partial charge in [0.15, 0.2) is 0 Å². The first-order valence-electron chi connectivity index (χ1n) is 9.97. The summed E-state index contributed by atoms with van der Waals surface area (Å²) in [5, 5.41) is 2.94. The Labute approximate surface area is 166 Å². The molecule has 0 unspecified atom stereocenters. The van der Waals surface area contributed by atoms with Gasteiger partial charge >= 0.3 is 0 Å².